The zero-order valence-corrected chi connectivity index (χ0v) is 11.0. The van der Waals surface area contributed by atoms with E-state index in [0.717, 1.165) is 16.5 Å². The van der Waals surface area contributed by atoms with Crippen molar-refractivity contribution in [2.75, 3.05) is 6.61 Å². The Labute approximate surface area is 113 Å². The quantitative estimate of drug-likeness (QED) is 0.770. The molecule has 3 heteroatoms. The van der Waals surface area contributed by atoms with E-state index in [1.165, 1.54) is 0 Å². The zero-order chi connectivity index (χ0) is 13.7. The second kappa shape index (κ2) is 6.23. The van der Waals surface area contributed by atoms with Gasteiger partial charge in [0.05, 0.1) is 13.0 Å². The van der Waals surface area contributed by atoms with Crippen molar-refractivity contribution in [2.24, 2.45) is 0 Å². The summed E-state index contributed by atoms with van der Waals surface area (Å²) in [6.45, 7) is 5.99. The van der Waals surface area contributed by atoms with Crippen LogP contribution in [-0.2, 0) is 9.53 Å². The molecule has 0 bridgehead atoms. The van der Waals surface area contributed by atoms with E-state index in [9.17, 15) is 4.79 Å². The molecular formula is C16H17O3. The number of carbonyl (C=O) groups excluding carboxylic acids is 1. The van der Waals surface area contributed by atoms with Gasteiger partial charge < -0.3 is 9.47 Å². The highest BCUT2D eigenvalue weighted by Crippen LogP contribution is 2.26. The SMILES string of the molecule is [CH2]C(CC(=O)OCC)Oc1cccc2ccccc12. The van der Waals surface area contributed by atoms with E-state index < -0.39 is 6.10 Å². The number of hydrogen-bond acceptors (Lipinski definition) is 3. The van der Waals surface area contributed by atoms with Gasteiger partial charge in [-0.2, -0.15) is 0 Å². The molecule has 2 aromatic rings. The highest BCUT2D eigenvalue weighted by atomic mass is 16.5. The molecule has 3 nitrogen and oxygen atoms in total. The molecule has 0 fully saturated rings. The van der Waals surface area contributed by atoms with Crippen molar-refractivity contribution in [2.45, 2.75) is 19.4 Å². The minimum atomic E-state index is -0.454. The summed E-state index contributed by atoms with van der Waals surface area (Å²) in [6.07, 6.45) is -0.304. The van der Waals surface area contributed by atoms with Gasteiger partial charge in [-0.15, -0.1) is 0 Å². The van der Waals surface area contributed by atoms with Gasteiger partial charge in [0, 0.05) is 5.39 Å². The third-order valence-electron chi connectivity index (χ3n) is 2.74. The molecule has 0 amide bonds. The fourth-order valence-electron chi connectivity index (χ4n) is 1.93. The van der Waals surface area contributed by atoms with E-state index in [4.69, 9.17) is 9.47 Å². The fourth-order valence-corrected chi connectivity index (χ4v) is 1.93. The van der Waals surface area contributed by atoms with Crippen LogP contribution in [0.5, 0.6) is 5.75 Å². The molecule has 0 aliphatic carbocycles. The monoisotopic (exact) mass is 257 g/mol. The van der Waals surface area contributed by atoms with Gasteiger partial charge in [0.15, 0.2) is 0 Å². The largest absolute Gasteiger partial charge is 0.489 e. The summed E-state index contributed by atoms with van der Waals surface area (Å²) in [5, 5.41) is 2.12. The van der Waals surface area contributed by atoms with Crippen LogP contribution in [0.25, 0.3) is 10.8 Å². The predicted octanol–water partition coefficient (Wildman–Crippen LogP) is 3.37. The first kappa shape index (κ1) is 13.4. The number of rotatable bonds is 5. The van der Waals surface area contributed by atoms with E-state index in [-0.39, 0.29) is 12.4 Å². The molecule has 99 valence electrons. The first-order valence-corrected chi connectivity index (χ1v) is 6.34. The van der Waals surface area contributed by atoms with E-state index in [0.29, 0.717) is 6.61 Å². The van der Waals surface area contributed by atoms with Crippen LogP contribution in [0.4, 0.5) is 0 Å². The summed E-state index contributed by atoms with van der Waals surface area (Å²) in [4.78, 5) is 11.4. The molecule has 1 unspecified atom stereocenters. The highest BCUT2D eigenvalue weighted by molar-refractivity contribution is 5.88. The second-order valence-electron chi connectivity index (χ2n) is 4.23. The summed E-state index contributed by atoms with van der Waals surface area (Å²) in [6, 6.07) is 13.8. The van der Waals surface area contributed by atoms with Gasteiger partial charge in [-0.05, 0) is 25.3 Å². The van der Waals surface area contributed by atoms with E-state index in [1.54, 1.807) is 6.92 Å². The Morgan fingerprint density at radius 2 is 1.95 bits per heavy atom. The molecule has 1 radical (unpaired) electrons. The number of carbonyl (C=O) groups is 1. The van der Waals surface area contributed by atoms with Crippen molar-refractivity contribution < 1.29 is 14.3 Å². The van der Waals surface area contributed by atoms with Gasteiger partial charge in [0.2, 0.25) is 0 Å². The smallest absolute Gasteiger partial charge is 0.309 e. The van der Waals surface area contributed by atoms with Crippen LogP contribution in [0.3, 0.4) is 0 Å². The molecule has 2 aromatic carbocycles. The molecule has 1 atom stereocenters. The molecule has 0 saturated carbocycles. The van der Waals surface area contributed by atoms with Crippen LogP contribution in [0.2, 0.25) is 0 Å². The molecular weight excluding hydrogens is 240 g/mol. The van der Waals surface area contributed by atoms with Crippen LogP contribution < -0.4 is 4.74 Å². The van der Waals surface area contributed by atoms with Gasteiger partial charge in [-0.1, -0.05) is 36.4 Å². The Hall–Kier alpha value is -2.03. The Balaban J connectivity index is 2.10. The average molecular weight is 257 g/mol. The van der Waals surface area contributed by atoms with Gasteiger partial charge in [-0.3, -0.25) is 4.79 Å². The lowest BCUT2D eigenvalue weighted by Crippen LogP contribution is -2.19. The number of ether oxygens (including phenoxy) is 2. The first-order chi connectivity index (χ1) is 9.20. The molecule has 2 rings (SSSR count). The van der Waals surface area contributed by atoms with Crippen molar-refractivity contribution in [3.8, 4) is 5.75 Å². The van der Waals surface area contributed by atoms with E-state index in [1.807, 2.05) is 42.5 Å². The second-order valence-corrected chi connectivity index (χ2v) is 4.23. The highest BCUT2D eigenvalue weighted by Gasteiger charge is 2.12. The summed E-state index contributed by atoms with van der Waals surface area (Å²) in [7, 11) is 0. The summed E-state index contributed by atoms with van der Waals surface area (Å²) in [5.74, 6) is 0.449. The Bertz CT molecular complexity index is 557. The third-order valence-corrected chi connectivity index (χ3v) is 2.74. The minimum Gasteiger partial charge on any atom is -0.489 e. The Morgan fingerprint density at radius 3 is 2.74 bits per heavy atom. The van der Waals surface area contributed by atoms with Gasteiger partial charge in [0.1, 0.15) is 11.9 Å². The molecule has 0 N–H and O–H groups in total. The molecule has 0 spiro atoms. The average Bonchev–Trinajstić information content (AvgIpc) is 2.39. The summed E-state index contributed by atoms with van der Waals surface area (Å²) >= 11 is 0. The van der Waals surface area contributed by atoms with Crippen molar-refractivity contribution in [3.63, 3.8) is 0 Å². The van der Waals surface area contributed by atoms with Crippen LogP contribution in [0.1, 0.15) is 13.3 Å². The fraction of sp³-hybridized carbons (Fsp3) is 0.250. The van der Waals surface area contributed by atoms with E-state index in [2.05, 4.69) is 6.92 Å². The van der Waals surface area contributed by atoms with Gasteiger partial charge in [-0.25, -0.2) is 0 Å². The third kappa shape index (κ3) is 3.47. The van der Waals surface area contributed by atoms with Crippen molar-refractivity contribution >= 4 is 16.7 Å². The standard InChI is InChI=1S/C16H17O3/c1-3-18-16(17)11-12(2)19-15-10-6-8-13-7-4-5-9-14(13)15/h4-10,12H,2-3,11H2,1H3. The summed E-state index contributed by atoms with van der Waals surface area (Å²) < 4.78 is 10.6. The number of hydrogen-bond donors (Lipinski definition) is 0. The predicted molar refractivity (Wildman–Crippen MR) is 75.0 cm³/mol. The van der Waals surface area contributed by atoms with Gasteiger partial charge in [0.25, 0.3) is 0 Å². The Morgan fingerprint density at radius 1 is 1.21 bits per heavy atom. The van der Waals surface area contributed by atoms with Crippen LogP contribution in [0.15, 0.2) is 42.5 Å². The van der Waals surface area contributed by atoms with Gasteiger partial charge >= 0.3 is 5.97 Å². The molecule has 0 heterocycles. The van der Waals surface area contributed by atoms with Crippen LogP contribution >= 0.6 is 0 Å². The molecule has 0 aliphatic heterocycles. The van der Waals surface area contributed by atoms with Crippen molar-refractivity contribution in [1.29, 1.82) is 0 Å². The maximum absolute atomic E-state index is 11.4. The summed E-state index contributed by atoms with van der Waals surface area (Å²) in [5.41, 5.74) is 0. The lowest BCUT2D eigenvalue weighted by molar-refractivity contribution is -0.144. The molecule has 0 aliphatic rings. The number of esters is 1. The Kier molecular flexibility index (Phi) is 4.39. The molecule has 0 saturated heterocycles. The van der Waals surface area contributed by atoms with Crippen molar-refractivity contribution in [1.82, 2.24) is 0 Å². The normalized spacial score (nSPS) is 12.1. The first-order valence-electron chi connectivity index (χ1n) is 6.34. The maximum atomic E-state index is 11.4. The van der Waals surface area contributed by atoms with Crippen LogP contribution in [-0.4, -0.2) is 18.7 Å². The lowest BCUT2D eigenvalue weighted by atomic mass is 10.1. The van der Waals surface area contributed by atoms with Crippen LogP contribution in [0, 0.1) is 6.92 Å². The van der Waals surface area contributed by atoms with E-state index >= 15 is 0 Å². The molecule has 19 heavy (non-hydrogen) atoms. The number of benzene rings is 2. The lowest BCUT2D eigenvalue weighted by Gasteiger charge is -2.15. The zero-order valence-electron chi connectivity index (χ0n) is 11.0. The molecule has 0 aromatic heterocycles. The maximum Gasteiger partial charge on any atom is 0.309 e. The topological polar surface area (TPSA) is 35.5 Å². The number of fused-ring (bicyclic) bond motifs is 1. The van der Waals surface area contributed by atoms with Crippen molar-refractivity contribution in [3.05, 3.63) is 49.4 Å². The minimum absolute atomic E-state index is 0.150.